The lowest BCUT2D eigenvalue weighted by Crippen LogP contribution is -2.08. The largest absolute Gasteiger partial charge is 0.393 e. The van der Waals surface area contributed by atoms with Gasteiger partial charge in [0, 0.05) is 6.54 Å². The molecule has 0 aliphatic carbocycles. The monoisotopic (exact) mass is 282 g/mol. The minimum Gasteiger partial charge on any atom is -0.393 e. The van der Waals surface area contributed by atoms with Crippen LogP contribution in [-0.4, -0.2) is 22.7 Å². The molecule has 2 N–H and O–H groups in total. The highest BCUT2D eigenvalue weighted by molar-refractivity contribution is 6.42. The van der Waals surface area contributed by atoms with Gasteiger partial charge in [-0.15, -0.1) is 0 Å². The van der Waals surface area contributed by atoms with Gasteiger partial charge in [0.15, 0.2) is 0 Å². The molecule has 90 valence electrons. The van der Waals surface area contributed by atoms with Gasteiger partial charge >= 0.3 is 0 Å². The molecule has 0 radical (unpaired) electrons. The number of hydrogen-bond acceptors (Lipinski definition) is 3. The highest BCUT2D eigenvalue weighted by Crippen LogP contribution is 2.28. The van der Waals surface area contributed by atoms with Crippen molar-refractivity contribution in [2.45, 2.75) is 25.9 Å². The van der Waals surface area contributed by atoms with Crippen molar-refractivity contribution in [2.24, 2.45) is 0 Å². The topological polar surface area (TPSA) is 45.1 Å². The molecule has 0 aliphatic rings. The van der Waals surface area contributed by atoms with Gasteiger partial charge in [0.05, 0.1) is 16.1 Å². The summed E-state index contributed by atoms with van der Waals surface area (Å²) in [6.45, 7) is 2.43. The maximum absolute atomic E-state index is 9.08. The van der Waals surface area contributed by atoms with Gasteiger partial charge in [0.25, 0.3) is 0 Å². The summed E-state index contributed by atoms with van der Waals surface area (Å²) in [6.07, 6.45) is 1.26. The van der Waals surface area contributed by atoms with Crippen LogP contribution in [0.3, 0.4) is 0 Å². The maximum Gasteiger partial charge on any atom is 0.150 e. The summed E-state index contributed by atoms with van der Waals surface area (Å²) in [5.74, 6) is 0.515. The molecule has 16 heavy (non-hydrogen) atoms. The van der Waals surface area contributed by atoms with Gasteiger partial charge in [-0.2, -0.15) is 0 Å². The third-order valence-corrected chi connectivity index (χ3v) is 2.94. The Kier molecular flexibility index (Phi) is 5.62. The molecule has 1 unspecified atom stereocenters. The van der Waals surface area contributed by atoms with E-state index in [0.29, 0.717) is 22.4 Å². The molecule has 0 saturated carbocycles. The van der Waals surface area contributed by atoms with Crippen molar-refractivity contribution in [3.63, 3.8) is 0 Å². The number of halogens is 3. The van der Waals surface area contributed by atoms with E-state index in [0.717, 1.165) is 12.8 Å². The molecule has 1 atom stereocenters. The molecule has 1 aromatic rings. The predicted octanol–water partition coefficient (Wildman–Crippen LogP) is 3.61. The van der Waals surface area contributed by atoms with Crippen LogP contribution in [0.25, 0.3) is 0 Å². The lowest BCUT2D eigenvalue weighted by Gasteiger charge is -2.09. The van der Waals surface area contributed by atoms with Crippen LogP contribution in [0.5, 0.6) is 0 Å². The first-order chi connectivity index (χ1) is 7.50. The number of anilines is 1. The van der Waals surface area contributed by atoms with Crippen molar-refractivity contribution < 1.29 is 5.11 Å². The Morgan fingerprint density at radius 1 is 1.38 bits per heavy atom. The number of nitrogens with zero attached hydrogens (tertiary/aromatic N) is 1. The maximum atomic E-state index is 9.08. The Morgan fingerprint density at radius 3 is 2.69 bits per heavy atom. The van der Waals surface area contributed by atoms with Crippen LogP contribution in [0.1, 0.15) is 19.8 Å². The predicted molar refractivity (Wildman–Crippen MR) is 68.7 cm³/mol. The number of nitrogens with one attached hydrogen (secondary N) is 1. The number of aromatic nitrogens is 1. The van der Waals surface area contributed by atoms with E-state index in [4.69, 9.17) is 39.9 Å². The molecule has 1 rings (SSSR count). The molecule has 1 aromatic heterocycles. The van der Waals surface area contributed by atoms with Crippen LogP contribution in [0.4, 0.5) is 5.82 Å². The molecule has 0 aromatic carbocycles. The van der Waals surface area contributed by atoms with Gasteiger partial charge in [0.1, 0.15) is 11.0 Å². The molecule has 6 heteroatoms. The first kappa shape index (κ1) is 13.8. The Labute approximate surface area is 110 Å². The van der Waals surface area contributed by atoms with Crippen LogP contribution >= 0.6 is 34.8 Å². The number of pyridine rings is 1. The summed E-state index contributed by atoms with van der Waals surface area (Å²) in [4.78, 5) is 4.02. The Bertz CT molecular complexity index is 358. The Balaban J connectivity index is 2.51. The first-order valence-electron chi connectivity index (χ1n) is 4.94. The summed E-state index contributed by atoms with van der Waals surface area (Å²) in [5, 5.41) is 13.1. The second-order valence-corrected chi connectivity index (χ2v) is 4.68. The first-order valence-corrected chi connectivity index (χ1v) is 6.07. The average Bonchev–Trinajstić information content (AvgIpc) is 2.19. The fourth-order valence-corrected chi connectivity index (χ4v) is 1.74. The molecular formula is C10H13Cl3N2O. The second kappa shape index (κ2) is 6.50. The minimum atomic E-state index is -0.293. The van der Waals surface area contributed by atoms with Crippen molar-refractivity contribution in [3.8, 4) is 0 Å². The third kappa shape index (κ3) is 4.34. The number of rotatable bonds is 5. The Hall–Kier alpha value is -0.220. The normalized spacial score (nSPS) is 12.6. The van der Waals surface area contributed by atoms with E-state index < -0.39 is 0 Å². The van der Waals surface area contributed by atoms with Gasteiger partial charge < -0.3 is 10.4 Å². The van der Waals surface area contributed by atoms with Gasteiger partial charge in [-0.05, 0) is 25.8 Å². The van der Waals surface area contributed by atoms with E-state index in [1.165, 1.54) is 0 Å². The molecule has 0 saturated heterocycles. The number of aliphatic hydroxyl groups is 1. The van der Waals surface area contributed by atoms with Gasteiger partial charge in [-0.1, -0.05) is 34.8 Å². The lowest BCUT2D eigenvalue weighted by molar-refractivity contribution is 0.183. The van der Waals surface area contributed by atoms with Gasteiger partial charge in [-0.3, -0.25) is 0 Å². The van der Waals surface area contributed by atoms with Gasteiger partial charge in [-0.25, -0.2) is 4.98 Å². The fraction of sp³-hybridized carbons (Fsp3) is 0.500. The van der Waals surface area contributed by atoms with E-state index in [1.54, 1.807) is 13.0 Å². The zero-order valence-electron chi connectivity index (χ0n) is 8.80. The van der Waals surface area contributed by atoms with Crippen molar-refractivity contribution >= 4 is 40.6 Å². The van der Waals surface area contributed by atoms with Crippen molar-refractivity contribution in [1.82, 2.24) is 4.98 Å². The molecule has 0 fully saturated rings. The standard InChI is InChI=1S/C10H13Cl3N2O/c1-6(16)3-2-4-14-10-8(12)5-7(11)9(13)15-10/h5-6,16H,2-4H2,1H3,(H,14,15). The zero-order chi connectivity index (χ0) is 12.1. The molecule has 3 nitrogen and oxygen atoms in total. The van der Waals surface area contributed by atoms with Crippen LogP contribution in [0.2, 0.25) is 15.2 Å². The fourth-order valence-electron chi connectivity index (χ4n) is 1.17. The zero-order valence-corrected chi connectivity index (χ0v) is 11.1. The van der Waals surface area contributed by atoms with E-state index in [1.807, 2.05) is 0 Å². The third-order valence-electron chi connectivity index (χ3n) is 1.98. The molecule has 0 amide bonds. The summed E-state index contributed by atoms with van der Waals surface area (Å²) < 4.78 is 0. The quantitative estimate of drug-likeness (QED) is 0.641. The molecular weight excluding hydrogens is 270 g/mol. The van der Waals surface area contributed by atoms with E-state index in [2.05, 4.69) is 10.3 Å². The van der Waals surface area contributed by atoms with E-state index in [9.17, 15) is 0 Å². The highest BCUT2D eigenvalue weighted by Gasteiger charge is 2.07. The molecule has 1 heterocycles. The highest BCUT2D eigenvalue weighted by atomic mass is 35.5. The van der Waals surface area contributed by atoms with E-state index in [-0.39, 0.29) is 11.3 Å². The lowest BCUT2D eigenvalue weighted by atomic mass is 10.2. The van der Waals surface area contributed by atoms with Crippen LogP contribution < -0.4 is 5.32 Å². The SMILES string of the molecule is CC(O)CCCNc1nc(Cl)c(Cl)cc1Cl. The molecule has 0 aliphatic heterocycles. The van der Waals surface area contributed by atoms with E-state index >= 15 is 0 Å². The Morgan fingerprint density at radius 2 is 2.06 bits per heavy atom. The van der Waals surface area contributed by atoms with Crippen molar-refractivity contribution in [2.75, 3.05) is 11.9 Å². The molecule has 0 bridgehead atoms. The smallest absolute Gasteiger partial charge is 0.150 e. The van der Waals surface area contributed by atoms with Gasteiger partial charge in [0.2, 0.25) is 0 Å². The summed E-state index contributed by atoms with van der Waals surface area (Å²) >= 11 is 17.4. The summed E-state index contributed by atoms with van der Waals surface area (Å²) in [5.41, 5.74) is 0. The average molecular weight is 284 g/mol. The minimum absolute atomic E-state index is 0.226. The summed E-state index contributed by atoms with van der Waals surface area (Å²) in [7, 11) is 0. The second-order valence-electron chi connectivity index (χ2n) is 3.51. The number of aliphatic hydroxyl groups excluding tert-OH is 1. The van der Waals surface area contributed by atoms with Crippen LogP contribution in [0, 0.1) is 0 Å². The number of hydrogen-bond donors (Lipinski definition) is 2. The molecule has 0 spiro atoms. The van der Waals surface area contributed by atoms with Crippen molar-refractivity contribution in [3.05, 3.63) is 21.3 Å². The van der Waals surface area contributed by atoms with Crippen molar-refractivity contribution in [1.29, 1.82) is 0 Å². The van der Waals surface area contributed by atoms with Crippen LogP contribution in [-0.2, 0) is 0 Å². The van der Waals surface area contributed by atoms with Crippen LogP contribution in [0.15, 0.2) is 6.07 Å². The summed E-state index contributed by atoms with van der Waals surface area (Å²) in [6, 6.07) is 1.55.